The molecule has 12 heteroatoms. The second kappa shape index (κ2) is 12.4. The molecule has 0 bridgehead atoms. The lowest BCUT2D eigenvalue weighted by Crippen LogP contribution is -2.26. The minimum atomic E-state index is -3.85. The Labute approximate surface area is 199 Å². The van der Waals surface area contributed by atoms with Gasteiger partial charge in [0.05, 0.1) is 10.9 Å². The van der Waals surface area contributed by atoms with Crippen molar-refractivity contribution in [3.05, 3.63) is 35.7 Å². The molecule has 2 atom stereocenters. The third-order valence-electron chi connectivity index (χ3n) is 5.47. The third-order valence-corrected chi connectivity index (χ3v) is 6.82. The van der Waals surface area contributed by atoms with Crippen LogP contribution in [0.15, 0.2) is 40.6 Å². The van der Waals surface area contributed by atoms with E-state index in [2.05, 4.69) is 20.8 Å². The van der Waals surface area contributed by atoms with E-state index in [1.165, 1.54) is 24.3 Å². The first-order valence-corrected chi connectivity index (χ1v) is 12.6. The summed E-state index contributed by atoms with van der Waals surface area (Å²) in [6.07, 6.45) is 2.18. The predicted octanol–water partition coefficient (Wildman–Crippen LogP) is 1.25. The van der Waals surface area contributed by atoms with Crippen LogP contribution >= 0.6 is 0 Å². The monoisotopic (exact) mass is 495 g/mol. The standard InChI is InChI=1S/C22H33N5O6S/c1-14(21(23)30)6-4-5-13-24-19(28)11-12-20(29)25-17-7-9-18(10-8-17)34(31,32)27-22-15(2)16(3)26-33-22/h7-10,14,16,26-27H,4-6,11-13H2,1-3H3,(H2,23,30)(H,24,28)(H,25,29). The summed E-state index contributed by atoms with van der Waals surface area (Å²) in [5, 5.41) is 5.38. The molecule has 0 saturated heterocycles. The molecule has 0 saturated carbocycles. The molecule has 2 rings (SSSR count). The van der Waals surface area contributed by atoms with Crippen LogP contribution in [0.5, 0.6) is 0 Å². The Morgan fingerprint density at radius 3 is 2.35 bits per heavy atom. The van der Waals surface area contributed by atoms with Crippen LogP contribution in [-0.4, -0.2) is 38.7 Å². The van der Waals surface area contributed by atoms with Gasteiger partial charge in [0, 0.05) is 36.6 Å². The number of rotatable bonds is 13. The van der Waals surface area contributed by atoms with Gasteiger partial charge >= 0.3 is 0 Å². The van der Waals surface area contributed by atoms with E-state index in [1.54, 1.807) is 13.8 Å². The van der Waals surface area contributed by atoms with Crippen molar-refractivity contribution in [1.29, 1.82) is 0 Å². The number of nitrogens with two attached hydrogens (primary N) is 1. The summed E-state index contributed by atoms with van der Waals surface area (Å²) in [4.78, 5) is 40.1. The Bertz CT molecular complexity index is 1020. The van der Waals surface area contributed by atoms with Crippen molar-refractivity contribution in [3.8, 4) is 0 Å². The zero-order valence-electron chi connectivity index (χ0n) is 19.6. The van der Waals surface area contributed by atoms with Crippen LogP contribution in [0.25, 0.3) is 0 Å². The Morgan fingerprint density at radius 1 is 1.12 bits per heavy atom. The lowest BCUT2D eigenvalue weighted by molar-refractivity contribution is -0.124. The van der Waals surface area contributed by atoms with Gasteiger partial charge < -0.3 is 21.2 Å². The molecule has 1 aromatic carbocycles. The third kappa shape index (κ3) is 8.34. The van der Waals surface area contributed by atoms with Gasteiger partial charge in [0.2, 0.25) is 23.6 Å². The van der Waals surface area contributed by atoms with Gasteiger partial charge in [0.25, 0.3) is 10.0 Å². The number of hydroxylamine groups is 1. The Morgan fingerprint density at radius 2 is 1.76 bits per heavy atom. The van der Waals surface area contributed by atoms with Gasteiger partial charge in [-0.2, -0.15) is 0 Å². The average Bonchev–Trinajstić information content (AvgIpc) is 3.09. The first kappa shape index (κ1) is 27.1. The second-order valence-electron chi connectivity index (χ2n) is 8.28. The molecule has 2 unspecified atom stereocenters. The fraction of sp³-hybridized carbons (Fsp3) is 0.500. The molecular weight excluding hydrogens is 462 g/mol. The number of nitrogens with one attached hydrogen (secondary N) is 4. The van der Waals surface area contributed by atoms with E-state index >= 15 is 0 Å². The average molecular weight is 496 g/mol. The fourth-order valence-corrected chi connectivity index (χ4v) is 4.06. The number of hydrogen-bond acceptors (Lipinski definition) is 7. The summed E-state index contributed by atoms with van der Waals surface area (Å²) in [5.41, 5.74) is 9.02. The SMILES string of the molecule is CC1=C(NS(=O)(=O)c2ccc(NC(=O)CCC(=O)NCCCCC(C)C(N)=O)cc2)ONC1C. The topological polar surface area (TPSA) is 169 Å². The first-order valence-electron chi connectivity index (χ1n) is 11.1. The van der Waals surface area contributed by atoms with Crippen LogP contribution in [0, 0.1) is 5.92 Å². The summed E-state index contributed by atoms with van der Waals surface area (Å²) in [6.45, 7) is 5.83. The fourth-order valence-electron chi connectivity index (χ4n) is 3.00. The number of amides is 3. The molecule has 1 aromatic rings. The van der Waals surface area contributed by atoms with Crippen LogP contribution in [0.4, 0.5) is 5.69 Å². The predicted molar refractivity (Wildman–Crippen MR) is 126 cm³/mol. The van der Waals surface area contributed by atoms with Crippen molar-refractivity contribution >= 4 is 33.4 Å². The molecule has 1 heterocycles. The maximum Gasteiger partial charge on any atom is 0.264 e. The quantitative estimate of drug-likeness (QED) is 0.256. The van der Waals surface area contributed by atoms with Crippen molar-refractivity contribution < 1.29 is 27.6 Å². The Balaban J connectivity index is 1.73. The molecule has 188 valence electrons. The summed E-state index contributed by atoms with van der Waals surface area (Å²) in [6, 6.07) is 5.57. The van der Waals surface area contributed by atoms with Gasteiger partial charge in [-0.15, -0.1) is 5.48 Å². The summed E-state index contributed by atoms with van der Waals surface area (Å²) >= 11 is 0. The number of benzene rings is 1. The van der Waals surface area contributed by atoms with E-state index in [-0.39, 0.29) is 53.3 Å². The molecule has 1 aliphatic heterocycles. The smallest absolute Gasteiger partial charge is 0.264 e. The van der Waals surface area contributed by atoms with E-state index in [1.807, 2.05) is 6.92 Å². The maximum absolute atomic E-state index is 12.5. The highest BCUT2D eigenvalue weighted by Gasteiger charge is 2.25. The first-order chi connectivity index (χ1) is 16.0. The molecule has 34 heavy (non-hydrogen) atoms. The van der Waals surface area contributed by atoms with E-state index in [0.717, 1.165) is 18.4 Å². The van der Waals surface area contributed by atoms with E-state index in [0.29, 0.717) is 18.7 Å². The molecule has 0 aliphatic carbocycles. The lowest BCUT2D eigenvalue weighted by atomic mass is 10.0. The number of primary amides is 1. The highest BCUT2D eigenvalue weighted by atomic mass is 32.2. The zero-order valence-corrected chi connectivity index (χ0v) is 20.5. The molecule has 3 amide bonds. The van der Waals surface area contributed by atoms with Gasteiger partial charge in [-0.3, -0.25) is 14.4 Å². The van der Waals surface area contributed by atoms with Crippen molar-refractivity contribution in [1.82, 2.24) is 15.5 Å². The van der Waals surface area contributed by atoms with E-state index in [9.17, 15) is 22.8 Å². The molecule has 0 radical (unpaired) electrons. The summed E-state index contributed by atoms with van der Waals surface area (Å²) < 4.78 is 27.5. The molecule has 11 nitrogen and oxygen atoms in total. The number of unbranched alkanes of at least 4 members (excludes halogenated alkanes) is 1. The Hall–Kier alpha value is -3.12. The second-order valence-corrected chi connectivity index (χ2v) is 9.96. The van der Waals surface area contributed by atoms with Crippen molar-refractivity contribution in [3.63, 3.8) is 0 Å². The van der Waals surface area contributed by atoms with Gasteiger partial charge in [0.15, 0.2) is 0 Å². The molecule has 0 fully saturated rings. The number of carbonyl (C=O) groups excluding carboxylic acids is 3. The number of carbonyl (C=O) groups is 3. The van der Waals surface area contributed by atoms with Crippen molar-refractivity contribution in [2.45, 2.75) is 63.8 Å². The van der Waals surface area contributed by atoms with Crippen LogP contribution in [-0.2, 0) is 29.2 Å². The normalized spacial score (nSPS) is 16.5. The lowest BCUT2D eigenvalue weighted by Gasteiger charge is -2.10. The summed E-state index contributed by atoms with van der Waals surface area (Å²) in [7, 11) is -3.85. The molecule has 0 aromatic heterocycles. The molecule has 0 spiro atoms. The molecule has 6 N–H and O–H groups in total. The van der Waals surface area contributed by atoms with Crippen molar-refractivity contribution in [2.24, 2.45) is 11.7 Å². The van der Waals surface area contributed by atoms with E-state index < -0.39 is 10.0 Å². The highest BCUT2D eigenvalue weighted by Crippen LogP contribution is 2.19. The van der Waals surface area contributed by atoms with Crippen LogP contribution in [0.2, 0.25) is 0 Å². The minimum Gasteiger partial charge on any atom is -0.389 e. The molecular formula is C22H33N5O6S. The van der Waals surface area contributed by atoms with Gasteiger partial charge in [-0.05, 0) is 51.0 Å². The van der Waals surface area contributed by atoms with E-state index in [4.69, 9.17) is 10.6 Å². The Kier molecular flexibility index (Phi) is 9.87. The van der Waals surface area contributed by atoms with Gasteiger partial charge in [-0.1, -0.05) is 13.3 Å². The largest absolute Gasteiger partial charge is 0.389 e. The van der Waals surface area contributed by atoms with Crippen LogP contribution < -0.4 is 26.6 Å². The minimum absolute atomic E-state index is 0.0118. The van der Waals surface area contributed by atoms with Gasteiger partial charge in [0.1, 0.15) is 0 Å². The van der Waals surface area contributed by atoms with Crippen LogP contribution in [0.1, 0.15) is 52.9 Å². The van der Waals surface area contributed by atoms with Crippen molar-refractivity contribution in [2.75, 3.05) is 11.9 Å². The maximum atomic E-state index is 12.5. The highest BCUT2D eigenvalue weighted by molar-refractivity contribution is 7.89. The number of anilines is 1. The number of hydrogen-bond donors (Lipinski definition) is 5. The van der Waals surface area contributed by atoms with Gasteiger partial charge in [-0.25, -0.2) is 13.1 Å². The zero-order chi connectivity index (χ0) is 25.3. The number of sulfonamides is 1. The molecule has 1 aliphatic rings. The summed E-state index contributed by atoms with van der Waals surface area (Å²) in [5.74, 6) is -0.980. The van der Waals surface area contributed by atoms with Crippen LogP contribution in [0.3, 0.4) is 0 Å².